The third-order valence-electron chi connectivity index (χ3n) is 3.90. The number of fused-ring (bicyclic) bond motifs is 2. The minimum absolute atomic E-state index is 0.365. The lowest BCUT2D eigenvalue weighted by atomic mass is 10.0. The first kappa shape index (κ1) is 13.7. The molecule has 1 fully saturated rings. The number of likely N-dealkylation sites (N-methyl/N-ethyl adjacent to an activating group) is 1. The van der Waals surface area contributed by atoms with Gasteiger partial charge in [0.2, 0.25) is 0 Å². The zero-order valence-electron chi connectivity index (χ0n) is 12.5. The number of thioether (sulfide) groups is 1. The van der Waals surface area contributed by atoms with Gasteiger partial charge in [0.05, 0.1) is 6.04 Å². The number of allylic oxidation sites excluding steroid dienone is 3. The highest BCUT2D eigenvalue weighted by Crippen LogP contribution is 2.37. The molecule has 0 aromatic rings. The minimum atomic E-state index is 0.365. The van der Waals surface area contributed by atoms with Crippen LogP contribution in [0.1, 0.15) is 0 Å². The number of hydrogen-bond acceptors (Lipinski definition) is 3. The van der Waals surface area contributed by atoms with E-state index in [1.165, 1.54) is 16.3 Å². The second-order valence-corrected chi connectivity index (χ2v) is 7.07. The van der Waals surface area contributed by atoms with Crippen LogP contribution < -0.4 is 5.32 Å². The fourth-order valence-corrected chi connectivity index (χ4v) is 3.98. The van der Waals surface area contributed by atoms with Gasteiger partial charge in [0, 0.05) is 48.1 Å². The molecule has 3 aliphatic rings. The molecule has 0 spiro atoms. The van der Waals surface area contributed by atoms with Gasteiger partial charge in [-0.3, -0.25) is 5.32 Å². The van der Waals surface area contributed by atoms with Crippen molar-refractivity contribution in [3.05, 3.63) is 47.1 Å². The largest absolute Gasteiger partial charge is 0.378 e. The van der Waals surface area contributed by atoms with Crippen molar-refractivity contribution < 1.29 is 4.58 Å². The van der Waals surface area contributed by atoms with Gasteiger partial charge in [-0.1, -0.05) is 12.2 Å². The van der Waals surface area contributed by atoms with E-state index in [0.29, 0.717) is 17.3 Å². The van der Waals surface area contributed by atoms with E-state index < -0.39 is 0 Å². The fraction of sp³-hybridized carbons (Fsp3) is 0.438. The van der Waals surface area contributed by atoms with Crippen LogP contribution >= 0.6 is 11.8 Å². The Hall–Kier alpha value is -1.26. The highest BCUT2D eigenvalue weighted by molar-refractivity contribution is 8.04. The van der Waals surface area contributed by atoms with Crippen LogP contribution in [0, 0.1) is 0 Å². The molecule has 0 bridgehead atoms. The molecular formula is C16H22N3S+. The van der Waals surface area contributed by atoms with Gasteiger partial charge in [-0.15, -0.1) is 11.8 Å². The maximum atomic E-state index is 3.72. The Morgan fingerprint density at radius 1 is 1.20 bits per heavy atom. The summed E-state index contributed by atoms with van der Waals surface area (Å²) in [6, 6.07) is 0.792. The standard InChI is InChI=1S/C16H22N3S/c1-18(2)11-5-7-13-15(9-11)20-16-10-12(19(3)4)6-8-14(16)17-13/h5-10,13-15,17H,1-4H3/q+1. The normalized spacial score (nSPS) is 31.2. The Labute approximate surface area is 125 Å². The number of hydrogen-bond donors (Lipinski definition) is 1. The van der Waals surface area contributed by atoms with Crippen molar-refractivity contribution in [3.63, 3.8) is 0 Å². The minimum Gasteiger partial charge on any atom is -0.378 e. The van der Waals surface area contributed by atoms with Gasteiger partial charge in [-0.25, -0.2) is 4.58 Å². The van der Waals surface area contributed by atoms with Gasteiger partial charge in [0.1, 0.15) is 14.1 Å². The molecule has 3 atom stereocenters. The zero-order valence-corrected chi connectivity index (χ0v) is 13.3. The van der Waals surface area contributed by atoms with Crippen molar-refractivity contribution >= 4 is 17.5 Å². The molecular weight excluding hydrogens is 266 g/mol. The second kappa shape index (κ2) is 5.26. The summed E-state index contributed by atoms with van der Waals surface area (Å²) >= 11 is 1.99. The molecule has 0 aromatic heterocycles. The molecule has 0 saturated carbocycles. The lowest BCUT2D eigenvalue weighted by molar-refractivity contribution is -0.462. The maximum absolute atomic E-state index is 3.72. The van der Waals surface area contributed by atoms with Gasteiger partial charge in [0.15, 0.2) is 5.71 Å². The molecule has 0 amide bonds. The van der Waals surface area contributed by atoms with Gasteiger partial charge >= 0.3 is 0 Å². The molecule has 1 saturated heterocycles. The van der Waals surface area contributed by atoms with Crippen molar-refractivity contribution in [2.24, 2.45) is 0 Å². The summed E-state index contributed by atoms with van der Waals surface area (Å²) in [7, 11) is 8.38. The van der Waals surface area contributed by atoms with Crippen LogP contribution in [0.5, 0.6) is 0 Å². The van der Waals surface area contributed by atoms with Gasteiger partial charge in [-0.05, 0) is 12.2 Å². The number of rotatable bonds is 1. The molecule has 1 N–H and O–H groups in total. The first-order valence-corrected chi connectivity index (χ1v) is 7.86. The van der Waals surface area contributed by atoms with Crippen molar-refractivity contribution in [2.75, 3.05) is 28.2 Å². The summed E-state index contributed by atoms with van der Waals surface area (Å²) in [5.74, 6) is 0. The van der Waals surface area contributed by atoms with Crippen LogP contribution in [0.25, 0.3) is 0 Å². The average Bonchev–Trinajstić information content (AvgIpc) is 2.43. The third kappa shape index (κ3) is 2.50. The monoisotopic (exact) mass is 288 g/mol. The van der Waals surface area contributed by atoms with Crippen molar-refractivity contribution in [1.29, 1.82) is 0 Å². The average molecular weight is 288 g/mol. The van der Waals surface area contributed by atoms with Gasteiger partial charge < -0.3 is 4.90 Å². The van der Waals surface area contributed by atoms with E-state index in [2.05, 4.69) is 79.4 Å². The van der Waals surface area contributed by atoms with Crippen LogP contribution in [-0.2, 0) is 0 Å². The highest BCUT2D eigenvalue weighted by atomic mass is 32.2. The Bertz CT molecular complexity index is 562. The quantitative estimate of drug-likeness (QED) is 0.740. The first-order chi connectivity index (χ1) is 9.54. The van der Waals surface area contributed by atoms with E-state index in [4.69, 9.17) is 0 Å². The van der Waals surface area contributed by atoms with Gasteiger partial charge in [0.25, 0.3) is 0 Å². The Balaban J connectivity index is 1.86. The van der Waals surface area contributed by atoms with Crippen LogP contribution in [0.3, 0.4) is 0 Å². The van der Waals surface area contributed by atoms with Crippen LogP contribution in [0.4, 0.5) is 0 Å². The molecule has 1 heterocycles. The summed E-state index contributed by atoms with van der Waals surface area (Å²) in [5.41, 5.74) is 2.56. The molecule has 3 nitrogen and oxygen atoms in total. The van der Waals surface area contributed by atoms with E-state index in [-0.39, 0.29) is 0 Å². The van der Waals surface area contributed by atoms with E-state index in [9.17, 15) is 0 Å². The molecule has 0 aromatic carbocycles. The van der Waals surface area contributed by atoms with E-state index in [1.54, 1.807) is 0 Å². The van der Waals surface area contributed by atoms with E-state index >= 15 is 0 Å². The molecule has 20 heavy (non-hydrogen) atoms. The van der Waals surface area contributed by atoms with Crippen molar-refractivity contribution in [1.82, 2.24) is 10.2 Å². The van der Waals surface area contributed by atoms with Crippen molar-refractivity contribution in [3.8, 4) is 0 Å². The van der Waals surface area contributed by atoms with E-state index in [1.807, 2.05) is 11.8 Å². The molecule has 3 unspecified atom stereocenters. The lowest BCUT2D eigenvalue weighted by Gasteiger charge is -2.38. The molecule has 1 aliphatic heterocycles. The smallest absolute Gasteiger partial charge is 0.200 e. The molecule has 2 aliphatic carbocycles. The van der Waals surface area contributed by atoms with Gasteiger partial charge in [-0.2, -0.15) is 0 Å². The summed E-state index contributed by atoms with van der Waals surface area (Å²) in [6.45, 7) is 0. The SMILES string of the molecule is CN(C)C1=CC2SC3=CC(=[N+](C)C)C=CC3NC2C=C1. The van der Waals surface area contributed by atoms with Crippen LogP contribution in [-0.4, -0.2) is 60.7 Å². The Kier molecular flexibility index (Phi) is 3.61. The summed E-state index contributed by atoms with van der Waals surface area (Å²) in [5, 5.41) is 4.20. The maximum Gasteiger partial charge on any atom is 0.200 e. The topological polar surface area (TPSA) is 18.3 Å². The predicted molar refractivity (Wildman–Crippen MR) is 87.3 cm³/mol. The third-order valence-corrected chi connectivity index (χ3v) is 5.24. The first-order valence-electron chi connectivity index (χ1n) is 6.99. The Morgan fingerprint density at radius 2 is 2.00 bits per heavy atom. The van der Waals surface area contributed by atoms with Crippen LogP contribution in [0.15, 0.2) is 47.1 Å². The predicted octanol–water partition coefficient (Wildman–Crippen LogP) is 1.61. The molecule has 3 rings (SSSR count). The highest BCUT2D eigenvalue weighted by Gasteiger charge is 2.34. The lowest BCUT2D eigenvalue weighted by Crippen LogP contribution is -2.48. The van der Waals surface area contributed by atoms with E-state index in [0.717, 1.165) is 0 Å². The molecule has 4 heteroatoms. The molecule has 106 valence electrons. The Morgan fingerprint density at radius 3 is 2.70 bits per heavy atom. The second-order valence-electron chi connectivity index (χ2n) is 5.82. The summed E-state index contributed by atoms with van der Waals surface area (Å²) in [6.07, 6.45) is 13.7. The fourth-order valence-electron chi connectivity index (χ4n) is 2.66. The number of nitrogens with zero attached hydrogens (tertiary/aromatic N) is 2. The number of nitrogens with one attached hydrogen (secondary N) is 1. The zero-order chi connectivity index (χ0) is 14.3. The summed E-state index contributed by atoms with van der Waals surface area (Å²) < 4.78 is 2.16. The van der Waals surface area contributed by atoms with Crippen molar-refractivity contribution in [2.45, 2.75) is 17.3 Å². The molecule has 0 radical (unpaired) electrons. The summed E-state index contributed by atoms with van der Waals surface area (Å²) in [4.78, 5) is 3.59. The van der Waals surface area contributed by atoms with Crippen LogP contribution in [0.2, 0.25) is 0 Å².